The van der Waals surface area contributed by atoms with Gasteiger partial charge in [-0.3, -0.25) is 4.57 Å². The Balaban J connectivity index is 1.58. The van der Waals surface area contributed by atoms with E-state index in [2.05, 4.69) is 11.1 Å². The van der Waals surface area contributed by atoms with Gasteiger partial charge in [0.05, 0.1) is 24.6 Å². The Hall–Kier alpha value is -2.34. The molecule has 0 aromatic carbocycles. The lowest BCUT2D eigenvalue weighted by molar-refractivity contribution is -0.0110. The van der Waals surface area contributed by atoms with Gasteiger partial charge in [-0.25, -0.2) is 4.98 Å². The summed E-state index contributed by atoms with van der Waals surface area (Å²) in [4.78, 5) is 5.05. The molecule has 2 atom stereocenters. The monoisotopic (exact) mass is 401 g/mol. The SMILES string of the molecule is COC1=Cc2ncn(-c3cc(OCC4CCCCO4)c(C#N)s3)c2CC1OC. The van der Waals surface area contributed by atoms with Crippen LogP contribution in [0.2, 0.25) is 0 Å². The predicted molar refractivity (Wildman–Crippen MR) is 105 cm³/mol. The molecular formula is C20H23N3O4S. The first-order valence-corrected chi connectivity index (χ1v) is 10.2. The number of rotatable bonds is 6. The Kier molecular flexibility index (Phi) is 5.67. The molecule has 1 aliphatic carbocycles. The number of hydrogen-bond donors (Lipinski definition) is 0. The molecule has 0 bridgehead atoms. The molecule has 8 heteroatoms. The molecule has 0 spiro atoms. The zero-order valence-corrected chi connectivity index (χ0v) is 16.8. The summed E-state index contributed by atoms with van der Waals surface area (Å²) in [7, 11) is 3.30. The van der Waals surface area contributed by atoms with Gasteiger partial charge in [-0.1, -0.05) is 0 Å². The second kappa shape index (κ2) is 8.35. The molecule has 1 saturated heterocycles. The molecule has 2 aromatic heterocycles. The van der Waals surface area contributed by atoms with Gasteiger partial charge in [0.2, 0.25) is 0 Å². The number of ether oxygens (including phenoxy) is 4. The number of aromatic nitrogens is 2. The van der Waals surface area contributed by atoms with E-state index >= 15 is 0 Å². The van der Waals surface area contributed by atoms with E-state index in [4.69, 9.17) is 18.9 Å². The molecule has 0 amide bonds. The lowest BCUT2D eigenvalue weighted by atomic mass is 10.0. The van der Waals surface area contributed by atoms with E-state index in [9.17, 15) is 5.26 Å². The Labute approximate surface area is 168 Å². The number of hydrogen-bond acceptors (Lipinski definition) is 7. The Bertz CT molecular complexity index is 905. The molecule has 2 unspecified atom stereocenters. The van der Waals surface area contributed by atoms with Gasteiger partial charge in [-0.2, -0.15) is 5.26 Å². The maximum atomic E-state index is 9.53. The molecule has 3 heterocycles. The van der Waals surface area contributed by atoms with Crippen LogP contribution in [0.3, 0.4) is 0 Å². The number of thiophene rings is 1. The van der Waals surface area contributed by atoms with Gasteiger partial charge in [0, 0.05) is 32.3 Å². The number of imidazole rings is 1. The minimum Gasteiger partial charge on any atom is -0.498 e. The standard InChI is InChI=1S/C20H23N3O4S/c1-24-16-7-14-15(8-17(16)25-2)23(12-22-14)20-9-18(19(10-21)28-20)27-11-13-5-3-4-6-26-13/h7,9,12-13,17H,3-6,8,11H2,1-2H3. The molecule has 7 nitrogen and oxygen atoms in total. The predicted octanol–water partition coefficient (Wildman–Crippen LogP) is 3.31. The van der Waals surface area contributed by atoms with Gasteiger partial charge in [0.1, 0.15) is 46.5 Å². The number of nitriles is 1. The highest BCUT2D eigenvalue weighted by molar-refractivity contribution is 7.15. The summed E-state index contributed by atoms with van der Waals surface area (Å²) < 4.78 is 24.6. The molecule has 1 fully saturated rings. The molecular weight excluding hydrogens is 378 g/mol. The number of nitrogens with zero attached hydrogens (tertiary/aromatic N) is 3. The fourth-order valence-corrected chi connectivity index (χ4v) is 4.48. The molecule has 28 heavy (non-hydrogen) atoms. The van der Waals surface area contributed by atoms with Crippen molar-refractivity contribution in [1.29, 1.82) is 5.26 Å². The number of methoxy groups -OCH3 is 2. The molecule has 1 aliphatic heterocycles. The lowest BCUT2D eigenvalue weighted by Crippen LogP contribution is -2.25. The second-order valence-electron chi connectivity index (χ2n) is 6.82. The Morgan fingerprint density at radius 3 is 3.00 bits per heavy atom. The fraction of sp³-hybridized carbons (Fsp3) is 0.500. The van der Waals surface area contributed by atoms with E-state index in [1.807, 2.05) is 16.7 Å². The first-order chi connectivity index (χ1) is 13.7. The van der Waals surface area contributed by atoms with Gasteiger partial charge < -0.3 is 18.9 Å². The van der Waals surface area contributed by atoms with Crippen LogP contribution in [0.25, 0.3) is 11.1 Å². The van der Waals surface area contributed by atoms with Crippen molar-refractivity contribution in [3.05, 3.63) is 34.4 Å². The number of fused-ring (bicyclic) bond motifs is 1. The third-order valence-electron chi connectivity index (χ3n) is 5.12. The van der Waals surface area contributed by atoms with Gasteiger partial charge >= 0.3 is 0 Å². The van der Waals surface area contributed by atoms with E-state index in [0.717, 1.165) is 48.0 Å². The van der Waals surface area contributed by atoms with E-state index < -0.39 is 0 Å². The highest BCUT2D eigenvalue weighted by Crippen LogP contribution is 2.35. The molecule has 0 saturated carbocycles. The summed E-state index contributed by atoms with van der Waals surface area (Å²) >= 11 is 1.40. The second-order valence-corrected chi connectivity index (χ2v) is 7.85. The maximum absolute atomic E-state index is 9.53. The van der Waals surface area contributed by atoms with E-state index in [-0.39, 0.29) is 12.2 Å². The zero-order chi connectivity index (χ0) is 19.5. The molecule has 0 N–H and O–H groups in total. The van der Waals surface area contributed by atoms with Crippen molar-refractivity contribution in [2.75, 3.05) is 27.4 Å². The van der Waals surface area contributed by atoms with Crippen molar-refractivity contribution in [2.45, 2.75) is 37.9 Å². The first-order valence-electron chi connectivity index (χ1n) is 9.36. The van der Waals surface area contributed by atoms with Gasteiger partial charge in [-0.05, 0) is 19.3 Å². The van der Waals surface area contributed by atoms with Crippen LogP contribution in [0.4, 0.5) is 0 Å². The zero-order valence-electron chi connectivity index (χ0n) is 16.0. The fourth-order valence-electron chi connectivity index (χ4n) is 3.58. The first kappa shape index (κ1) is 19.0. The van der Waals surface area contributed by atoms with Crippen molar-refractivity contribution >= 4 is 17.4 Å². The molecule has 2 aromatic rings. The van der Waals surface area contributed by atoms with Crippen LogP contribution < -0.4 is 4.74 Å². The highest BCUT2D eigenvalue weighted by atomic mass is 32.1. The van der Waals surface area contributed by atoms with Gasteiger partial charge in [0.15, 0.2) is 0 Å². The third-order valence-corrected chi connectivity index (χ3v) is 6.14. The summed E-state index contributed by atoms with van der Waals surface area (Å²) in [6.45, 7) is 1.26. The Morgan fingerprint density at radius 2 is 2.29 bits per heavy atom. The summed E-state index contributed by atoms with van der Waals surface area (Å²) in [5.41, 5.74) is 1.88. The Morgan fingerprint density at radius 1 is 1.39 bits per heavy atom. The maximum Gasteiger partial charge on any atom is 0.150 e. The minimum absolute atomic E-state index is 0.102. The van der Waals surface area contributed by atoms with Crippen molar-refractivity contribution in [3.63, 3.8) is 0 Å². The van der Waals surface area contributed by atoms with Crippen LogP contribution in [-0.2, 0) is 20.6 Å². The van der Waals surface area contributed by atoms with E-state index in [1.54, 1.807) is 20.5 Å². The van der Waals surface area contributed by atoms with Crippen LogP contribution in [0.15, 0.2) is 18.2 Å². The van der Waals surface area contributed by atoms with Gasteiger partial charge in [0.25, 0.3) is 0 Å². The summed E-state index contributed by atoms with van der Waals surface area (Å²) in [5.74, 6) is 1.37. The van der Waals surface area contributed by atoms with Crippen molar-refractivity contribution in [2.24, 2.45) is 0 Å². The van der Waals surface area contributed by atoms with Crippen LogP contribution in [0, 0.1) is 11.3 Å². The summed E-state index contributed by atoms with van der Waals surface area (Å²) in [6, 6.07) is 4.15. The van der Waals surface area contributed by atoms with Crippen LogP contribution in [0.5, 0.6) is 5.75 Å². The topological polar surface area (TPSA) is 78.5 Å². The van der Waals surface area contributed by atoms with Crippen LogP contribution in [0.1, 0.15) is 35.5 Å². The minimum atomic E-state index is -0.150. The quantitative estimate of drug-likeness (QED) is 0.739. The van der Waals surface area contributed by atoms with E-state index in [0.29, 0.717) is 23.7 Å². The van der Waals surface area contributed by atoms with Crippen molar-refractivity contribution in [1.82, 2.24) is 9.55 Å². The lowest BCUT2D eigenvalue weighted by Gasteiger charge is -2.22. The van der Waals surface area contributed by atoms with Crippen molar-refractivity contribution < 1.29 is 18.9 Å². The normalized spacial score (nSPS) is 21.5. The third kappa shape index (κ3) is 3.65. The summed E-state index contributed by atoms with van der Waals surface area (Å²) in [5, 5.41) is 10.4. The molecule has 0 radical (unpaired) electrons. The molecule has 4 rings (SSSR count). The average Bonchev–Trinajstić information content (AvgIpc) is 3.34. The smallest absolute Gasteiger partial charge is 0.150 e. The molecule has 2 aliphatic rings. The highest BCUT2D eigenvalue weighted by Gasteiger charge is 2.27. The largest absolute Gasteiger partial charge is 0.498 e. The molecule has 148 valence electrons. The average molecular weight is 401 g/mol. The van der Waals surface area contributed by atoms with Crippen LogP contribution in [-0.4, -0.2) is 49.2 Å². The van der Waals surface area contributed by atoms with Crippen molar-refractivity contribution in [3.8, 4) is 16.8 Å². The van der Waals surface area contributed by atoms with Gasteiger partial charge in [-0.15, -0.1) is 11.3 Å². The summed E-state index contributed by atoms with van der Waals surface area (Å²) in [6.07, 6.45) is 7.54. The van der Waals surface area contributed by atoms with Crippen LogP contribution >= 0.6 is 11.3 Å². The van der Waals surface area contributed by atoms with E-state index in [1.165, 1.54) is 11.3 Å².